The largest absolute Gasteiger partial charge is 0.497 e. The Balaban J connectivity index is 1.55. The fourth-order valence-electron chi connectivity index (χ4n) is 3.60. The van der Waals surface area contributed by atoms with Gasteiger partial charge in [-0.3, -0.25) is 9.36 Å². The number of fused-ring (bicyclic) bond motifs is 1. The first-order valence-electron chi connectivity index (χ1n) is 10.1. The van der Waals surface area contributed by atoms with Gasteiger partial charge in [0.05, 0.1) is 23.9 Å². The number of rotatable bonds is 5. The maximum atomic E-state index is 13.4. The van der Waals surface area contributed by atoms with Crippen LogP contribution >= 0.6 is 11.3 Å². The molecule has 8 nitrogen and oxygen atoms in total. The van der Waals surface area contributed by atoms with E-state index in [1.165, 1.54) is 35.1 Å². The Morgan fingerprint density at radius 3 is 2.57 bits per heavy atom. The lowest BCUT2D eigenvalue weighted by molar-refractivity contribution is -0.137. The molecular weight excluding hydrogens is 485 g/mol. The first-order chi connectivity index (χ1) is 16.8. The van der Waals surface area contributed by atoms with Gasteiger partial charge in [-0.15, -0.1) is 11.3 Å². The Bertz CT molecular complexity index is 1650. The lowest BCUT2D eigenvalue weighted by Crippen LogP contribution is -2.38. The summed E-state index contributed by atoms with van der Waals surface area (Å²) in [5.41, 5.74) is -0.833. The number of ether oxygens (including phenoxy) is 1. The van der Waals surface area contributed by atoms with Gasteiger partial charge < -0.3 is 9.26 Å². The van der Waals surface area contributed by atoms with Crippen molar-refractivity contribution in [3.8, 4) is 22.8 Å². The Morgan fingerprint density at radius 2 is 1.86 bits per heavy atom. The van der Waals surface area contributed by atoms with Gasteiger partial charge in [-0.05, 0) is 35.7 Å². The molecule has 5 aromatic rings. The maximum Gasteiger partial charge on any atom is 0.416 e. The van der Waals surface area contributed by atoms with Gasteiger partial charge in [-0.25, -0.2) is 9.36 Å². The molecular formula is C23H15F3N4O4S. The van der Waals surface area contributed by atoms with Crippen molar-refractivity contribution in [1.82, 2.24) is 19.3 Å². The highest BCUT2D eigenvalue weighted by atomic mass is 32.1. The normalized spacial score (nSPS) is 11.8. The Morgan fingerprint density at radius 1 is 1.09 bits per heavy atom. The number of nitrogens with zero attached hydrogens (tertiary/aromatic N) is 4. The van der Waals surface area contributed by atoms with Crippen LogP contribution in [0.1, 0.15) is 11.5 Å². The third kappa shape index (κ3) is 4.12. The van der Waals surface area contributed by atoms with Crippen molar-refractivity contribution in [1.29, 1.82) is 0 Å². The summed E-state index contributed by atoms with van der Waals surface area (Å²) in [7, 11) is 1.48. The summed E-state index contributed by atoms with van der Waals surface area (Å²) in [6, 6.07) is 12.5. The molecule has 0 aliphatic carbocycles. The summed E-state index contributed by atoms with van der Waals surface area (Å²) in [6.45, 7) is -0.149. The molecule has 3 heterocycles. The van der Waals surface area contributed by atoms with Crippen LogP contribution in [0.15, 0.2) is 74.1 Å². The first-order valence-corrected chi connectivity index (χ1v) is 11.0. The van der Waals surface area contributed by atoms with Gasteiger partial charge in [0.25, 0.3) is 5.56 Å². The Labute approximate surface area is 198 Å². The van der Waals surface area contributed by atoms with Crippen LogP contribution in [0.4, 0.5) is 13.2 Å². The molecule has 0 radical (unpaired) electrons. The second kappa shape index (κ2) is 8.55. The number of hydrogen-bond donors (Lipinski definition) is 0. The molecule has 178 valence electrons. The molecule has 0 amide bonds. The third-order valence-electron chi connectivity index (χ3n) is 5.30. The molecule has 0 N–H and O–H groups in total. The number of thiophene rings is 1. The number of methoxy groups -OCH3 is 1. The molecule has 35 heavy (non-hydrogen) atoms. The van der Waals surface area contributed by atoms with E-state index >= 15 is 0 Å². The van der Waals surface area contributed by atoms with E-state index < -0.39 is 23.0 Å². The van der Waals surface area contributed by atoms with E-state index in [-0.39, 0.29) is 18.3 Å². The molecule has 0 saturated heterocycles. The van der Waals surface area contributed by atoms with Gasteiger partial charge >= 0.3 is 11.9 Å². The lowest BCUT2D eigenvalue weighted by Gasteiger charge is -2.11. The van der Waals surface area contributed by atoms with Crippen LogP contribution < -0.4 is 16.0 Å². The summed E-state index contributed by atoms with van der Waals surface area (Å²) in [5, 5.41) is 5.52. The fourth-order valence-corrected chi connectivity index (χ4v) is 4.42. The summed E-state index contributed by atoms with van der Waals surface area (Å²) in [6.07, 6.45) is -4.46. The van der Waals surface area contributed by atoms with Gasteiger partial charge in [0.15, 0.2) is 0 Å². The predicted octanol–water partition coefficient (Wildman–Crippen LogP) is 4.34. The molecule has 0 unspecified atom stereocenters. The van der Waals surface area contributed by atoms with Crippen molar-refractivity contribution < 1.29 is 22.4 Å². The van der Waals surface area contributed by atoms with Crippen LogP contribution in [0, 0.1) is 0 Å². The summed E-state index contributed by atoms with van der Waals surface area (Å²) < 4.78 is 51.7. The highest BCUT2D eigenvalue weighted by molar-refractivity contribution is 7.17. The second-order valence-corrected chi connectivity index (χ2v) is 8.35. The standard InChI is InChI=1S/C23H15F3N4O4S/c1-33-16-4-2-3-15(11-16)30-21(31)19-17(9-10-35-19)29(22(30)32)12-18-27-20(28-34-18)13-5-7-14(8-6-13)23(24,25)26/h2-11H,12H2,1H3. The number of halogens is 3. The molecule has 0 atom stereocenters. The fraction of sp³-hybridized carbons (Fsp3) is 0.130. The molecule has 0 aliphatic heterocycles. The van der Waals surface area contributed by atoms with Crippen LogP contribution in [0.25, 0.3) is 27.3 Å². The van der Waals surface area contributed by atoms with Crippen molar-refractivity contribution in [2.45, 2.75) is 12.7 Å². The number of benzene rings is 2. The first kappa shape index (κ1) is 22.6. The van der Waals surface area contributed by atoms with Crippen molar-refractivity contribution in [2.75, 3.05) is 7.11 Å². The highest BCUT2D eigenvalue weighted by Crippen LogP contribution is 2.30. The van der Waals surface area contributed by atoms with Gasteiger partial charge in [0, 0.05) is 11.6 Å². The SMILES string of the molecule is COc1cccc(-n2c(=O)c3sccc3n(Cc3nc(-c4ccc(C(F)(F)F)cc4)no3)c2=O)c1. The molecule has 12 heteroatoms. The zero-order chi connectivity index (χ0) is 24.7. The van der Waals surface area contributed by atoms with E-state index in [9.17, 15) is 22.8 Å². The van der Waals surface area contributed by atoms with Crippen molar-refractivity contribution in [2.24, 2.45) is 0 Å². The lowest BCUT2D eigenvalue weighted by atomic mass is 10.1. The minimum Gasteiger partial charge on any atom is -0.497 e. The highest BCUT2D eigenvalue weighted by Gasteiger charge is 2.30. The van der Waals surface area contributed by atoms with Crippen molar-refractivity contribution >= 4 is 21.6 Å². The van der Waals surface area contributed by atoms with E-state index in [4.69, 9.17) is 9.26 Å². The van der Waals surface area contributed by atoms with Crippen LogP contribution in [-0.4, -0.2) is 26.4 Å². The summed E-state index contributed by atoms with van der Waals surface area (Å²) in [5.74, 6) is 0.597. The topological polar surface area (TPSA) is 92.2 Å². The van der Waals surface area contributed by atoms with Gasteiger partial charge in [0.2, 0.25) is 11.7 Å². The van der Waals surface area contributed by atoms with Gasteiger partial charge in [-0.1, -0.05) is 23.4 Å². The monoisotopic (exact) mass is 500 g/mol. The quantitative estimate of drug-likeness (QED) is 0.357. The van der Waals surface area contributed by atoms with Crippen LogP contribution in [0.3, 0.4) is 0 Å². The van der Waals surface area contributed by atoms with E-state index in [1.807, 2.05) is 0 Å². The average Bonchev–Trinajstić information content (AvgIpc) is 3.52. The minimum atomic E-state index is -4.46. The number of alkyl halides is 3. The molecule has 5 rings (SSSR count). The molecule has 0 fully saturated rings. The Kier molecular flexibility index (Phi) is 5.52. The van der Waals surface area contributed by atoms with E-state index in [1.54, 1.807) is 35.7 Å². The molecule has 0 saturated carbocycles. The smallest absolute Gasteiger partial charge is 0.416 e. The van der Waals surface area contributed by atoms with E-state index in [0.29, 0.717) is 27.2 Å². The van der Waals surface area contributed by atoms with E-state index in [0.717, 1.165) is 16.7 Å². The molecule has 0 bridgehead atoms. The molecule has 3 aromatic heterocycles. The summed E-state index contributed by atoms with van der Waals surface area (Å²) >= 11 is 1.19. The molecule has 0 aliphatic rings. The second-order valence-electron chi connectivity index (χ2n) is 7.43. The zero-order valence-electron chi connectivity index (χ0n) is 17.9. The molecule has 2 aromatic carbocycles. The minimum absolute atomic E-state index is 0.0466. The van der Waals surface area contributed by atoms with Gasteiger partial charge in [-0.2, -0.15) is 18.2 Å². The van der Waals surface area contributed by atoms with Crippen LogP contribution in [0.5, 0.6) is 5.75 Å². The third-order valence-corrected chi connectivity index (χ3v) is 6.19. The summed E-state index contributed by atoms with van der Waals surface area (Å²) in [4.78, 5) is 30.7. The van der Waals surface area contributed by atoms with Crippen LogP contribution in [-0.2, 0) is 12.7 Å². The Hall–Kier alpha value is -4.19. The zero-order valence-corrected chi connectivity index (χ0v) is 18.8. The number of hydrogen-bond acceptors (Lipinski definition) is 7. The van der Waals surface area contributed by atoms with Crippen LogP contribution in [0.2, 0.25) is 0 Å². The van der Waals surface area contributed by atoms with Crippen molar-refractivity contribution in [3.63, 3.8) is 0 Å². The number of aromatic nitrogens is 4. The van der Waals surface area contributed by atoms with Crippen molar-refractivity contribution in [3.05, 3.63) is 92.3 Å². The maximum absolute atomic E-state index is 13.4. The predicted molar refractivity (Wildman–Crippen MR) is 122 cm³/mol. The average molecular weight is 500 g/mol. The molecule has 0 spiro atoms. The van der Waals surface area contributed by atoms with E-state index in [2.05, 4.69) is 10.1 Å². The van der Waals surface area contributed by atoms with Gasteiger partial charge in [0.1, 0.15) is 17.0 Å².